The zero-order valence-corrected chi connectivity index (χ0v) is 11.5. The molecular formula is C13H22N2O4. The van der Waals surface area contributed by atoms with E-state index in [1.807, 2.05) is 0 Å². The van der Waals surface area contributed by atoms with E-state index in [1.165, 1.54) is 6.42 Å². The fourth-order valence-corrected chi connectivity index (χ4v) is 2.55. The van der Waals surface area contributed by atoms with Crippen molar-refractivity contribution in [3.63, 3.8) is 0 Å². The second-order valence-corrected chi connectivity index (χ2v) is 6.28. The van der Waals surface area contributed by atoms with E-state index in [0.29, 0.717) is 6.54 Å². The molecule has 6 nitrogen and oxygen atoms in total. The molecule has 1 heterocycles. The molecule has 0 aromatic heterocycles. The Balaban J connectivity index is 1.83. The van der Waals surface area contributed by atoms with Crippen LogP contribution in [0, 0.1) is 10.8 Å². The van der Waals surface area contributed by atoms with Gasteiger partial charge in [-0.2, -0.15) is 0 Å². The fraction of sp³-hybridized carbons (Fsp3) is 0.846. The highest BCUT2D eigenvalue weighted by Crippen LogP contribution is 2.39. The van der Waals surface area contributed by atoms with Gasteiger partial charge in [-0.3, -0.25) is 4.79 Å². The Hall–Kier alpha value is -1.30. The summed E-state index contributed by atoms with van der Waals surface area (Å²) in [6, 6.07) is -0.796. The highest BCUT2D eigenvalue weighted by Gasteiger charge is 2.47. The molecule has 1 saturated heterocycles. The number of urea groups is 1. The van der Waals surface area contributed by atoms with Crippen LogP contribution in [-0.2, 0) is 9.53 Å². The van der Waals surface area contributed by atoms with Crippen LogP contribution in [0.15, 0.2) is 0 Å². The van der Waals surface area contributed by atoms with Crippen molar-refractivity contribution in [3.8, 4) is 0 Å². The second-order valence-electron chi connectivity index (χ2n) is 6.28. The lowest BCUT2D eigenvalue weighted by Gasteiger charge is -2.38. The van der Waals surface area contributed by atoms with Gasteiger partial charge in [0.05, 0.1) is 19.3 Å². The largest absolute Gasteiger partial charge is 0.481 e. The summed E-state index contributed by atoms with van der Waals surface area (Å²) in [7, 11) is 0. The Labute approximate surface area is 112 Å². The molecule has 2 aliphatic rings. The number of carboxylic acid groups (broad SMARTS) is 1. The van der Waals surface area contributed by atoms with Gasteiger partial charge in [0.2, 0.25) is 0 Å². The first-order chi connectivity index (χ1) is 8.86. The highest BCUT2D eigenvalue weighted by molar-refractivity contribution is 5.79. The second kappa shape index (κ2) is 5.00. The minimum Gasteiger partial charge on any atom is -0.481 e. The highest BCUT2D eigenvalue weighted by atomic mass is 16.5. The first-order valence-electron chi connectivity index (χ1n) is 6.71. The normalized spacial score (nSPS) is 32.4. The van der Waals surface area contributed by atoms with Gasteiger partial charge in [0.25, 0.3) is 0 Å². The average molecular weight is 270 g/mol. The van der Waals surface area contributed by atoms with E-state index in [4.69, 9.17) is 4.74 Å². The van der Waals surface area contributed by atoms with E-state index in [1.54, 1.807) is 6.92 Å². The molecule has 6 heteroatoms. The van der Waals surface area contributed by atoms with E-state index in [9.17, 15) is 14.7 Å². The Morgan fingerprint density at radius 2 is 2.05 bits per heavy atom. The molecule has 108 valence electrons. The number of ether oxygens (including phenoxy) is 1. The maximum absolute atomic E-state index is 11.8. The van der Waals surface area contributed by atoms with E-state index < -0.39 is 17.4 Å². The smallest absolute Gasteiger partial charge is 0.315 e. The van der Waals surface area contributed by atoms with Crippen molar-refractivity contribution >= 4 is 12.0 Å². The van der Waals surface area contributed by atoms with E-state index in [0.717, 1.165) is 12.8 Å². The van der Waals surface area contributed by atoms with Gasteiger partial charge in [-0.1, -0.05) is 13.3 Å². The summed E-state index contributed by atoms with van der Waals surface area (Å²) < 4.78 is 5.19. The van der Waals surface area contributed by atoms with E-state index in [2.05, 4.69) is 17.6 Å². The van der Waals surface area contributed by atoms with Gasteiger partial charge < -0.3 is 20.5 Å². The van der Waals surface area contributed by atoms with Crippen molar-refractivity contribution in [1.29, 1.82) is 0 Å². The Kier molecular flexibility index (Phi) is 3.71. The number of carboxylic acids is 1. The number of nitrogens with one attached hydrogen (secondary N) is 2. The van der Waals surface area contributed by atoms with Gasteiger partial charge in [-0.25, -0.2) is 4.79 Å². The van der Waals surface area contributed by atoms with Crippen LogP contribution in [-0.4, -0.2) is 42.9 Å². The van der Waals surface area contributed by atoms with Crippen LogP contribution in [0.3, 0.4) is 0 Å². The molecule has 1 aliphatic heterocycles. The van der Waals surface area contributed by atoms with Gasteiger partial charge in [0.15, 0.2) is 0 Å². The summed E-state index contributed by atoms with van der Waals surface area (Å²) in [5.41, 5.74) is -0.836. The molecule has 0 spiro atoms. The molecule has 2 atom stereocenters. The van der Waals surface area contributed by atoms with Crippen LogP contribution in [0.4, 0.5) is 4.79 Å². The zero-order chi connectivity index (χ0) is 14.1. The molecule has 2 rings (SSSR count). The molecule has 1 saturated carbocycles. The summed E-state index contributed by atoms with van der Waals surface area (Å²) in [5.74, 6) is -0.943. The monoisotopic (exact) mass is 270 g/mol. The minimum atomic E-state index is -1.04. The van der Waals surface area contributed by atoms with Crippen LogP contribution >= 0.6 is 0 Å². The number of carbonyl (C=O) groups excluding carboxylic acids is 1. The first-order valence-corrected chi connectivity index (χ1v) is 6.71. The van der Waals surface area contributed by atoms with Crippen molar-refractivity contribution in [1.82, 2.24) is 10.6 Å². The number of hydrogen-bond donors (Lipinski definition) is 3. The molecule has 2 amide bonds. The summed E-state index contributed by atoms with van der Waals surface area (Å²) in [6.45, 7) is 4.76. The number of hydrogen-bond acceptors (Lipinski definition) is 3. The molecule has 1 aliphatic carbocycles. The molecule has 2 fully saturated rings. The standard InChI is InChI=1S/C13H22N2O4/c1-12(4-3-5-12)7-14-11(18)15-9-6-19-8-13(9,2)10(16)17/h9H,3-8H2,1-2H3,(H,16,17)(H2,14,15,18). The number of aliphatic carboxylic acids is 1. The lowest BCUT2D eigenvalue weighted by atomic mass is 9.70. The summed E-state index contributed by atoms with van der Waals surface area (Å²) in [4.78, 5) is 23.1. The molecule has 0 aromatic rings. The molecule has 0 aromatic carbocycles. The maximum Gasteiger partial charge on any atom is 0.315 e. The topological polar surface area (TPSA) is 87.7 Å². The van der Waals surface area contributed by atoms with Crippen LogP contribution in [0.5, 0.6) is 0 Å². The molecular weight excluding hydrogens is 248 g/mol. The molecule has 19 heavy (non-hydrogen) atoms. The van der Waals surface area contributed by atoms with Crippen molar-refractivity contribution < 1.29 is 19.4 Å². The minimum absolute atomic E-state index is 0.130. The van der Waals surface area contributed by atoms with Crippen molar-refractivity contribution in [2.75, 3.05) is 19.8 Å². The lowest BCUT2D eigenvalue weighted by molar-refractivity contribution is -0.148. The summed E-state index contributed by atoms with van der Waals surface area (Å²) in [5, 5.41) is 14.8. The van der Waals surface area contributed by atoms with Crippen LogP contribution in [0.25, 0.3) is 0 Å². The predicted molar refractivity (Wildman–Crippen MR) is 68.8 cm³/mol. The average Bonchev–Trinajstić information content (AvgIpc) is 2.67. The van der Waals surface area contributed by atoms with E-state index in [-0.39, 0.29) is 24.7 Å². The van der Waals surface area contributed by atoms with Crippen molar-refractivity contribution in [2.45, 2.75) is 39.2 Å². The Morgan fingerprint density at radius 3 is 2.58 bits per heavy atom. The third-order valence-corrected chi connectivity index (χ3v) is 4.49. The molecule has 2 unspecified atom stereocenters. The molecule has 0 bridgehead atoms. The van der Waals surface area contributed by atoms with E-state index >= 15 is 0 Å². The van der Waals surface area contributed by atoms with Gasteiger partial charge >= 0.3 is 12.0 Å². The Bertz CT molecular complexity index is 381. The zero-order valence-electron chi connectivity index (χ0n) is 11.5. The van der Waals surface area contributed by atoms with Gasteiger partial charge in [0.1, 0.15) is 5.41 Å². The van der Waals surface area contributed by atoms with Gasteiger partial charge in [-0.05, 0) is 25.2 Å². The predicted octanol–water partition coefficient (Wildman–Crippen LogP) is 0.965. The van der Waals surface area contributed by atoms with Crippen LogP contribution in [0.2, 0.25) is 0 Å². The molecule has 3 N–H and O–H groups in total. The Morgan fingerprint density at radius 1 is 1.37 bits per heavy atom. The quantitative estimate of drug-likeness (QED) is 0.710. The number of amides is 2. The first kappa shape index (κ1) is 14.1. The third-order valence-electron chi connectivity index (χ3n) is 4.49. The SMILES string of the molecule is CC1(CNC(=O)NC2COCC2(C)C(=O)O)CCC1. The maximum atomic E-state index is 11.8. The molecule has 0 radical (unpaired) electrons. The lowest BCUT2D eigenvalue weighted by Crippen LogP contribution is -2.53. The number of rotatable bonds is 4. The van der Waals surface area contributed by atoms with Gasteiger partial charge in [0, 0.05) is 6.54 Å². The van der Waals surface area contributed by atoms with Crippen LogP contribution < -0.4 is 10.6 Å². The fourth-order valence-electron chi connectivity index (χ4n) is 2.55. The number of carbonyl (C=O) groups is 2. The summed E-state index contributed by atoms with van der Waals surface area (Å²) in [6.07, 6.45) is 3.48. The van der Waals surface area contributed by atoms with Gasteiger partial charge in [-0.15, -0.1) is 0 Å². The van der Waals surface area contributed by atoms with Crippen molar-refractivity contribution in [2.24, 2.45) is 10.8 Å². The third kappa shape index (κ3) is 2.83. The van der Waals surface area contributed by atoms with Crippen molar-refractivity contribution in [3.05, 3.63) is 0 Å². The summed E-state index contributed by atoms with van der Waals surface area (Å²) >= 11 is 0. The van der Waals surface area contributed by atoms with Crippen LogP contribution in [0.1, 0.15) is 33.1 Å².